The molecular weight excluding hydrogens is 248 g/mol. The summed E-state index contributed by atoms with van der Waals surface area (Å²) in [4.78, 5) is 14.8. The van der Waals surface area contributed by atoms with Crippen molar-refractivity contribution in [1.29, 1.82) is 0 Å². The Morgan fingerprint density at radius 2 is 2.28 bits per heavy atom. The van der Waals surface area contributed by atoms with Gasteiger partial charge in [0.25, 0.3) is 0 Å². The Hall–Kier alpha value is -0.680. The maximum absolute atomic E-state index is 12.5. The van der Waals surface area contributed by atoms with Crippen molar-refractivity contribution in [2.75, 3.05) is 26.3 Å². The number of hydrogen-bond donors (Lipinski definition) is 1. The molecule has 0 bridgehead atoms. The monoisotopic (exact) mass is 272 g/mol. The van der Waals surface area contributed by atoms with Gasteiger partial charge in [0.1, 0.15) is 0 Å². The van der Waals surface area contributed by atoms with Crippen molar-refractivity contribution in [3.63, 3.8) is 0 Å². The summed E-state index contributed by atoms with van der Waals surface area (Å²) < 4.78 is 5.38. The molecule has 104 valence electrons. The lowest BCUT2D eigenvalue weighted by atomic mass is 9.88. The quantitative estimate of drug-likeness (QED) is 0.769. The molecule has 4 nitrogen and oxygen atoms in total. The molecule has 0 aromatic carbocycles. The minimum atomic E-state index is 0.0686. The van der Waals surface area contributed by atoms with Gasteiger partial charge in [-0.1, -0.05) is 26.1 Å². The Morgan fingerprint density at radius 1 is 1.61 bits per heavy atom. The van der Waals surface area contributed by atoms with Crippen LogP contribution in [0, 0.1) is 17.8 Å². The third kappa shape index (κ3) is 3.92. The highest BCUT2D eigenvalue weighted by Crippen LogP contribution is 2.24. The molecule has 1 fully saturated rings. The number of ether oxygens (including phenoxy) is 1. The van der Waals surface area contributed by atoms with E-state index < -0.39 is 0 Å². The molecule has 18 heavy (non-hydrogen) atoms. The van der Waals surface area contributed by atoms with Gasteiger partial charge < -0.3 is 15.4 Å². The smallest absolute Gasteiger partial charge is 0.226 e. The molecular formula is C13H24N2O2S. The second kappa shape index (κ2) is 7.04. The van der Waals surface area contributed by atoms with Crippen LogP contribution in [0.15, 0.2) is 0 Å². The molecule has 0 aromatic rings. The van der Waals surface area contributed by atoms with Gasteiger partial charge in [-0.05, 0) is 19.3 Å². The molecule has 1 saturated heterocycles. The first-order valence-corrected chi connectivity index (χ1v) is 7.04. The van der Waals surface area contributed by atoms with Crippen LogP contribution in [-0.2, 0) is 9.53 Å². The normalized spacial score (nSPS) is 25.5. The number of amides is 1. The number of thiocarbonyl (C=S) groups is 1. The maximum Gasteiger partial charge on any atom is 0.226 e. The molecule has 1 rings (SSSR count). The lowest BCUT2D eigenvalue weighted by Crippen LogP contribution is -2.45. The second-order valence-corrected chi connectivity index (χ2v) is 5.60. The number of rotatable bonds is 5. The first-order chi connectivity index (χ1) is 8.47. The first kappa shape index (κ1) is 15.4. The molecule has 1 amide bonds. The van der Waals surface area contributed by atoms with E-state index in [1.807, 2.05) is 18.7 Å². The summed E-state index contributed by atoms with van der Waals surface area (Å²) >= 11 is 4.97. The molecule has 0 spiro atoms. The van der Waals surface area contributed by atoms with E-state index in [1.165, 1.54) is 0 Å². The molecule has 5 heteroatoms. The Morgan fingerprint density at radius 3 is 2.78 bits per heavy atom. The fourth-order valence-corrected chi connectivity index (χ4v) is 2.35. The van der Waals surface area contributed by atoms with Crippen LogP contribution in [0.1, 0.15) is 27.2 Å². The van der Waals surface area contributed by atoms with Gasteiger partial charge in [0.05, 0.1) is 4.99 Å². The molecule has 3 unspecified atom stereocenters. The summed E-state index contributed by atoms with van der Waals surface area (Å²) in [6, 6.07) is 0. The summed E-state index contributed by atoms with van der Waals surface area (Å²) in [5.74, 6) is 0.660. The van der Waals surface area contributed by atoms with Crippen LogP contribution in [0.5, 0.6) is 0 Å². The Kier molecular flexibility index (Phi) is 6.02. The Labute approximate surface area is 115 Å². The van der Waals surface area contributed by atoms with E-state index in [2.05, 4.69) is 6.92 Å². The second-order valence-electron chi connectivity index (χ2n) is 5.13. The van der Waals surface area contributed by atoms with E-state index in [0.29, 0.717) is 37.2 Å². The lowest BCUT2D eigenvalue weighted by molar-refractivity contribution is -0.141. The van der Waals surface area contributed by atoms with Crippen molar-refractivity contribution in [2.24, 2.45) is 23.5 Å². The Balaban J connectivity index is 2.63. The van der Waals surface area contributed by atoms with Crippen molar-refractivity contribution < 1.29 is 9.53 Å². The summed E-state index contributed by atoms with van der Waals surface area (Å²) in [7, 11) is 0. The van der Waals surface area contributed by atoms with Gasteiger partial charge in [-0.2, -0.15) is 0 Å². The van der Waals surface area contributed by atoms with E-state index in [4.69, 9.17) is 22.7 Å². The number of carbonyl (C=O) groups is 1. The summed E-state index contributed by atoms with van der Waals surface area (Å²) in [5.41, 5.74) is 5.62. The van der Waals surface area contributed by atoms with Gasteiger partial charge in [0, 0.05) is 38.1 Å². The van der Waals surface area contributed by atoms with Crippen LogP contribution < -0.4 is 5.73 Å². The van der Waals surface area contributed by atoms with E-state index >= 15 is 0 Å². The number of carbonyl (C=O) groups excluding carboxylic acids is 1. The van der Waals surface area contributed by atoms with Crippen molar-refractivity contribution in [2.45, 2.75) is 27.2 Å². The highest BCUT2D eigenvalue weighted by Gasteiger charge is 2.31. The van der Waals surface area contributed by atoms with Crippen molar-refractivity contribution >= 4 is 23.1 Å². The molecule has 1 heterocycles. The van der Waals surface area contributed by atoms with Crippen LogP contribution in [-0.4, -0.2) is 42.1 Å². The Bertz CT molecular complexity index is 309. The molecule has 2 N–H and O–H groups in total. The minimum Gasteiger partial charge on any atom is -0.393 e. The van der Waals surface area contributed by atoms with Gasteiger partial charge in [-0.3, -0.25) is 4.79 Å². The van der Waals surface area contributed by atoms with Crippen LogP contribution >= 0.6 is 12.2 Å². The third-order valence-electron chi connectivity index (χ3n) is 3.63. The van der Waals surface area contributed by atoms with Gasteiger partial charge in [-0.15, -0.1) is 0 Å². The molecule has 0 aliphatic carbocycles. The predicted octanol–water partition coefficient (Wildman–Crippen LogP) is 1.43. The van der Waals surface area contributed by atoms with Gasteiger partial charge in [-0.25, -0.2) is 0 Å². The van der Waals surface area contributed by atoms with Gasteiger partial charge in [0.2, 0.25) is 5.91 Å². The largest absolute Gasteiger partial charge is 0.393 e. The zero-order valence-electron chi connectivity index (χ0n) is 11.5. The van der Waals surface area contributed by atoms with Crippen LogP contribution in [0.2, 0.25) is 0 Å². The zero-order valence-corrected chi connectivity index (χ0v) is 12.3. The average Bonchev–Trinajstić information content (AvgIpc) is 2.35. The summed E-state index contributed by atoms with van der Waals surface area (Å²) in [5, 5.41) is 0. The maximum atomic E-state index is 12.5. The predicted molar refractivity (Wildman–Crippen MR) is 76.3 cm³/mol. The summed E-state index contributed by atoms with van der Waals surface area (Å²) in [6.45, 7) is 8.72. The highest BCUT2D eigenvalue weighted by molar-refractivity contribution is 7.80. The van der Waals surface area contributed by atoms with Gasteiger partial charge >= 0.3 is 0 Å². The van der Waals surface area contributed by atoms with Crippen molar-refractivity contribution in [1.82, 2.24) is 4.90 Å². The topological polar surface area (TPSA) is 55.6 Å². The lowest BCUT2D eigenvalue weighted by Gasteiger charge is -2.33. The third-order valence-corrected chi connectivity index (χ3v) is 4.03. The van der Waals surface area contributed by atoms with Crippen molar-refractivity contribution in [3.8, 4) is 0 Å². The highest BCUT2D eigenvalue weighted by atomic mass is 32.1. The van der Waals surface area contributed by atoms with Crippen LogP contribution in [0.4, 0.5) is 0 Å². The van der Waals surface area contributed by atoms with Gasteiger partial charge in [0.15, 0.2) is 0 Å². The zero-order chi connectivity index (χ0) is 13.7. The molecule has 0 saturated carbocycles. The van der Waals surface area contributed by atoms with E-state index in [0.717, 1.165) is 6.42 Å². The number of nitrogens with two attached hydrogens (primary N) is 1. The van der Waals surface area contributed by atoms with E-state index in [9.17, 15) is 4.79 Å². The van der Waals surface area contributed by atoms with Crippen LogP contribution in [0.3, 0.4) is 0 Å². The fourth-order valence-electron chi connectivity index (χ4n) is 2.28. The molecule has 0 aromatic heterocycles. The first-order valence-electron chi connectivity index (χ1n) is 6.63. The molecule has 1 aliphatic heterocycles. The summed E-state index contributed by atoms with van der Waals surface area (Å²) in [6.07, 6.45) is 0.817. The number of hydrogen-bond acceptors (Lipinski definition) is 3. The molecule has 0 radical (unpaired) electrons. The molecule has 3 atom stereocenters. The standard InChI is InChI=1S/C13H24N2O2S/c1-4-15(7-9(2)12(14)18)13(16)11-5-6-17-8-10(11)3/h9-11H,4-8H2,1-3H3,(H2,14,18). The minimum absolute atomic E-state index is 0.0686. The van der Waals surface area contributed by atoms with Crippen LogP contribution in [0.25, 0.3) is 0 Å². The average molecular weight is 272 g/mol. The van der Waals surface area contributed by atoms with E-state index in [-0.39, 0.29) is 17.7 Å². The molecule has 1 aliphatic rings. The van der Waals surface area contributed by atoms with E-state index in [1.54, 1.807) is 0 Å². The van der Waals surface area contributed by atoms with Crippen molar-refractivity contribution in [3.05, 3.63) is 0 Å². The SMILES string of the molecule is CCN(CC(C)C(N)=S)C(=O)C1CCOCC1C. The fraction of sp³-hybridized carbons (Fsp3) is 0.846. The number of nitrogens with zero attached hydrogens (tertiary/aromatic N) is 1.